The third kappa shape index (κ3) is 2.93. The van der Waals surface area contributed by atoms with Crippen molar-refractivity contribution < 1.29 is 9.13 Å². The molecule has 0 bridgehead atoms. The van der Waals surface area contributed by atoms with E-state index in [-0.39, 0.29) is 17.5 Å². The van der Waals surface area contributed by atoms with Gasteiger partial charge in [-0.2, -0.15) is 0 Å². The number of ether oxygens (including phenoxy) is 1. The predicted molar refractivity (Wildman–Crippen MR) is 76.2 cm³/mol. The maximum atomic E-state index is 13.9. The minimum absolute atomic E-state index is 0.102. The molecule has 1 fully saturated rings. The van der Waals surface area contributed by atoms with Gasteiger partial charge >= 0.3 is 0 Å². The van der Waals surface area contributed by atoms with Crippen LogP contribution >= 0.6 is 11.6 Å². The normalized spacial score (nSPS) is 18.9. The van der Waals surface area contributed by atoms with Gasteiger partial charge in [-0.15, -0.1) is 0 Å². The van der Waals surface area contributed by atoms with Crippen LogP contribution in [0.15, 0.2) is 18.2 Å². The Labute approximate surface area is 119 Å². The van der Waals surface area contributed by atoms with E-state index < -0.39 is 0 Å². The summed E-state index contributed by atoms with van der Waals surface area (Å²) in [7, 11) is 1.74. The molecule has 1 aliphatic rings. The summed E-state index contributed by atoms with van der Waals surface area (Å²) in [4.78, 5) is 0. The van der Waals surface area contributed by atoms with Crippen LogP contribution in [0.1, 0.15) is 31.7 Å². The number of methoxy groups -OCH3 is 1. The first-order valence-electron chi connectivity index (χ1n) is 6.84. The first kappa shape index (κ1) is 14.8. The second kappa shape index (κ2) is 6.21. The molecule has 1 atom stereocenters. The predicted octanol–water partition coefficient (Wildman–Crippen LogP) is 3.57. The summed E-state index contributed by atoms with van der Waals surface area (Å²) >= 11 is 6.12. The van der Waals surface area contributed by atoms with Gasteiger partial charge in [0.25, 0.3) is 0 Å². The topological polar surface area (TPSA) is 21.3 Å². The molecule has 0 aromatic heterocycles. The largest absolute Gasteiger partial charge is 0.377 e. The van der Waals surface area contributed by atoms with Gasteiger partial charge in [-0.05, 0) is 44.4 Å². The zero-order valence-electron chi connectivity index (χ0n) is 11.5. The first-order valence-corrected chi connectivity index (χ1v) is 7.22. The van der Waals surface area contributed by atoms with Crippen LogP contribution in [0.5, 0.6) is 0 Å². The van der Waals surface area contributed by atoms with Crippen molar-refractivity contribution in [2.24, 2.45) is 0 Å². The Balaban J connectivity index is 2.21. The summed E-state index contributed by atoms with van der Waals surface area (Å²) in [5, 5.41) is 3.92. The molecule has 19 heavy (non-hydrogen) atoms. The van der Waals surface area contributed by atoms with Crippen LogP contribution in [-0.2, 0) is 11.2 Å². The van der Waals surface area contributed by atoms with Crippen LogP contribution in [0, 0.1) is 5.82 Å². The Hall–Kier alpha value is -0.640. The Morgan fingerprint density at radius 1 is 1.47 bits per heavy atom. The van der Waals surface area contributed by atoms with Crippen LogP contribution < -0.4 is 5.32 Å². The quantitative estimate of drug-likeness (QED) is 0.863. The first-order chi connectivity index (χ1) is 9.13. The molecule has 1 unspecified atom stereocenters. The van der Waals surface area contributed by atoms with Gasteiger partial charge in [0.15, 0.2) is 0 Å². The van der Waals surface area contributed by atoms with E-state index in [1.807, 2.05) is 0 Å². The second-order valence-corrected chi connectivity index (χ2v) is 5.54. The molecular weight excluding hydrogens is 265 g/mol. The zero-order chi connectivity index (χ0) is 13.9. The van der Waals surface area contributed by atoms with Crippen molar-refractivity contribution in [2.75, 3.05) is 13.7 Å². The van der Waals surface area contributed by atoms with E-state index in [0.29, 0.717) is 17.0 Å². The molecule has 2 nitrogen and oxygen atoms in total. The number of rotatable bonds is 6. The lowest BCUT2D eigenvalue weighted by Gasteiger charge is -2.47. The molecule has 1 aromatic rings. The van der Waals surface area contributed by atoms with Crippen molar-refractivity contribution in [1.82, 2.24) is 5.32 Å². The average Bonchev–Trinajstić information content (AvgIpc) is 2.33. The van der Waals surface area contributed by atoms with Crippen LogP contribution in [0.25, 0.3) is 0 Å². The zero-order valence-corrected chi connectivity index (χ0v) is 12.3. The van der Waals surface area contributed by atoms with E-state index in [1.54, 1.807) is 19.2 Å². The van der Waals surface area contributed by atoms with Gasteiger partial charge in [0.05, 0.1) is 5.60 Å². The highest BCUT2D eigenvalue weighted by atomic mass is 35.5. The Morgan fingerprint density at radius 2 is 2.21 bits per heavy atom. The summed E-state index contributed by atoms with van der Waals surface area (Å²) in [6.45, 7) is 2.89. The molecule has 4 heteroatoms. The van der Waals surface area contributed by atoms with Gasteiger partial charge in [0.1, 0.15) is 5.82 Å². The standard InChI is InChI=1S/C15H21ClFNO/c1-3-18-14(15(19-2)8-5-9-15)10-11-12(16)6-4-7-13(11)17/h4,6-7,14,18H,3,5,8-10H2,1-2H3. The molecule has 1 aromatic carbocycles. The Morgan fingerprint density at radius 3 is 2.68 bits per heavy atom. The number of nitrogens with one attached hydrogen (secondary N) is 1. The highest BCUT2D eigenvalue weighted by Gasteiger charge is 2.44. The number of hydrogen-bond donors (Lipinski definition) is 1. The van der Waals surface area contributed by atoms with Crippen LogP contribution in [0.2, 0.25) is 5.02 Å². The van der Waals surface area contributed by atoms with E-state index in [1.165, 1.54) is 12.5 Å². The van der Waals surface area contributed by atoms with Gasteiger partial charge in [0, 0.05) is 23.7 Å². The maximum Gasteiger partial charge on any atom is 0.127 e. The fourth-order valence-electron chi connectivity index (χ4n) is 2.84. The number of hydrogen-bond acceptors (Lipinski definition) is 2. The summed E-state index contributed by atoms with van der Waals surface area (Å²) in [5.41, 5.74) is 0.417. The van der Waals surface area contributed by atoms with Gasteiger partial charge in [-0.25, -0.2) is 4.39 Å². The lowest BCUT2D eigenvalue weighted by atomic mass is 9.72. The lowest BCUT2D eigenvalue weighted by molar-refractivity contribution is -0.0979. The Bertz CT molecular complexity index is 408. The molecule has 0 spiro atoms. The molecule has 0 saturated heterocycles. The summed E-state index contributed by atoms with van der Waals surface area (Å²) in [6.07, 6.45) is 3.77. The van der Waals surface area contributed by atoms with E-state index in [2.05, 4.69) is 12.2 Å². The van der Waals surface area contributed by atoms with Gasteiger partial charge in [0.2, 0.25) is 0 Å². The third-order valence-electron chi connectivity index (χ3n) is 4.16. The highest BCUT2D eigenvalue weighted by Crippen LogP contribution is 2.39. The highest BCUT2D eigenvalue weighted by molar-refractivity contribution is 6.31. The molecule has 2 rings (SSSR count). The number of likely N-dealkylation sites (N-methyl/N-ethyl adjacent to an activating group) is 1. The molecule has 1 aliphatic carbocycles. The SMILES string of the molecule is CCNC(Cc1c(F)cccc1Cl)C1(OC)CCC1. The molecule has 0 heterocycles. The van der Waals surface area contributed by atoms with Gasteiger partial charge in [-0.3, -0.25) is 0 Å². The summed E-state index contributed by atoms with van der Waals surface area (Å²) in [6, 6.07) is 4.94. The van der Waals surface area contributed by atoms with Crippen molar-refractivity contribution in [3.8, 4) is 0 Å². The number of halogens is 2. The maximum absolute atomic E-state index is 13.9. The van der Waals surface area contributed by atoms with Gasteiger partial charge in [-0.1, -0.05) is 24.6 Å². The van der Waals surface area contributed by atoms with Crippen molar-refractivity contribution in [3.05, 3.63) is 34.6 Å². The van der Waals surface area contributed by atoms with Crippen LogP contribution in [0.4, 0.5) is 4.39 Å². The van der Waals surface area contributed by atoms with Crippen LogP contribution in [0.3, 0.4) is 0 Å². The molecule has 0 aliphatic heterocycles. The molecule has 1 saturated carbocycles. The van der Waals surface area contributed by atoms with Crippen molar-refractivity contribution in [2.45, 2.75) is 44.2 Å². The van der Waals surface area contributed by atoms with Crippen LogP contribution in [-0.4, -0.2) is 25.3 Å². The smallest absolute Gasteiger partial charge is 0.127 e. The average molecular weight is 286 g/mol. The fraction of sp³-hybridized carbons (Fsp3) is 0.600. The van der Waals surface area contributed by atoms with E-state index >= 15 is 0 Å². The minimum atomic E-state index is -0.235. The van der Waals surface area contributed by atoms with E-state index in [9.17, 15) is 4.39 Å². The van der Waals surface area contributed by atoms with Gasteiger partial charge < -0.3 is 10.1 Å². The van der Waals surface area contributed by atoms with Crippen molar-refractivity contribution in [3.63, 3.8) is 0 Å². The van der Waals surface area contributed by atoms with E-state index in [4.69, 9.17) is 16.3 Å². The molecular formula is C15H21ClFNO. The van der Waals surface area contributed by atoms with E-state index in [0.717, 1.165) is 19.4 Å². The molecule has 1 N–H and O–H groups in total. The molecule has 0 radical (unpaired) electrons. The Kier molecular flexibility index (Phi) is 4.82. The van der Waals surface area contributed by atoms with Crippen molar-refractivity contribution in [1.29, 1.82) is 0 Å². The minimum Gasteiger partial charge on any atom is -0.377 e. The summed E-state index contributed by atoms with van der Waals surface area (Å²) < 4.78 is 19.6. The fourth-order valence-corrected chi connectivity index (χ4v) is 3.08. The third-order valence-corrected chi connectivity index (χ3v) is 4.52. The lowest BCUT2D eigenvalue weighted by Crippen LogP contribution is -2.57. The van der Waals surface area contributed by atoms with Crippen molar-refractivity contribution >= 4 is 11.6 Å². The monoisotopic (exact) mass is 285 g/mol. The molecule has 106 valence electrons. The molecule has 0 amide bonds. The summed E-state index contributed by atoms with van der Waals surface area (Å²) in [5.74, 6) is -0.235. The second-order valence-electron chi connectivity index (χ2n) is 5.14. The number of benzene rings is 1.